The molecule has 2 aromatic rings. The monoisotopic (exact) mass is 282 g/mol. The van der Waals surface area contributed by atoms with Gasteiger partial charge in [-0.05, 0) is 24.1 Å². The van der Waals surface area contributed by atoms with E-state index in [-0.39, 0.29) is 11.3 Å². The van der Waals surface area contributed by atoms with Crippen molar-refractivity contribution in [1.29, 1.82) is 0 Å². The molecule has 0 aliphatic heterocycles. The molecule has 0 aliphatic carbocycles. The Bertz CT molecular complexity index is 702. The minimum absolute atomic E-state index is 0.0404. The Labute approximate surface area is 122 Å². The maximum Gasteiger partial charge on any atom is 0.339 e. The molecule has 0 fully saturated rings. The third-order valence-corrected chi connectivity index (χ3v) is 3.03. The van der Waals surface area contributed by atoms with Gasteiger partial charge in [0.15, 0.2) is 5.75 Å². The second-order valence-corrected chi connectivity index (χ2v) is 4.43. The number of benzene rings is 2. The van der Waals surface area contributed by atoms with Gasteiger partial charge in [0.05, 0.1) is 0 Å². The molecule has 21 heavy (non-hydrogen) atoms. The molecule has 0 aliphatic rings. The predicted molar refractivity (Wildman–Crippen MR) is 79.4 cm³/mol. The number of rotatable bonds is 4. The first-order valence-corrected chi connectivity index (χ1v) is 6.31. The maximum absolute atomic E-state index is 11.5. The predicted octanol–water partition coefficient (Wildman–Crippen LogP) is 3.45. The molecule has 0 bridgehead atoms. The van der Waals surface area contributed by atoms with Gasteiger partial charge in [-0.3, -0.25) is 0 Å². The van der Waals surface area contributed by atoms with Gasteiger partial charge >= 0.3 is 11.9 Å². The Hall–Kier alpha value is -2.88. The lowest BCUT2D eigenvalue weighted by molar-refractivity contribution is -0.128. The summed E-state index contributed by atoms with van der Waals surface area (Å²) in [7, 11) is 0. The van der Waals surface area contributed by atoms with Crippen LogP contribution in [0.1, 0.15) is 15.9 Å². The third kappa shape index (κ3) is 3.00. The Morgan fingerprint density at radius 2 is 1.81 bits per heavy atom. The Morgan fingerprint density at radius 3 is 2.38 bits per heavy atom. The van der Waals surface area contributed by atoms with E-state index in [4.69, 9.17) is 4.74 Å². The van der Waals surface area contributed by atoms with E-state index in [2.05, 4.69) is 6.58 Å². The quantitative estimate of drug-likeness (QED) is 0.530. The molecule has 4 heteroatoms. The summed E-state index contributed by atoms with van der Waals surface area (Å²) in [6.07, 6.45) is 1.00. The molecular formula is C17H14O4. The maximum atomic E-state index is 11.5. The number of carbonyl (C=O) groups is 2. The lowest BCUT2D eigenvalue weighted by atomic mass is 9.96. The Kier molecular flexibility index (Phi) is 4.18. The van der Waals surface area contributed by atoms with Crippen molar-refractivity contribution < 1.29 is 19.4 Å². The number of carbonyl (C=O) groups excluding carboxylic acids is 1. The fourth-order valence-corrected chi connectivity index (χ4v) is 2.06. The van der Waals surface area contributed by atoms with Crippen LogP contribution in [-0.2, 0) is 4.79 Å². The van der Waals surface area contributed by atoms with Crippen LogP contribution in [0.25, 0.3) is 11.1 Å². The fourth-order valence-electron chi connectivity index (χ4n) is 2.06. The first kappa shape index (κ1) is 14.5. The standard InChI is InChI=1S/C17H14O4/c1-3-14(18)21-16-13(17(19)20)10-9-11(2)15(16)12-7-5-4-6-8-12/h3-10H,1H2,2H3,(H,19,20). The molecule has 0 radical (unpaired) electrons. The zero-order valence-corrected chi connectivity index (χ0v) is 11.5. The number of aryl methyl sites for hydroxylation is 1. The number of carboxylic acid groups (broad SMARTS) is 1. The van der Waals surface area contributed by atoms with Gasteiger partial charge in [-0.2, -0.15) is 0 Å². The number of hydrogen-bond acceptors (Lipinski definition) is 3. The zero-order chi connectivity index (χ0) is 15.4. The minimum Gasteiger partial charge on any atom is -0.478 e. The SMILES string of the molecule is C=CC(=O)Oc1c(C(=O)O)ccc(C)c1-c1ccccc1. The topological polar surface area (TPSA) is 63.6 Å². The van der Waals surface area contributed by atoms with Gasteiger partial charge in [-0.25, -0.2) is 9.59 Å². The zero-order valence-electron chi connectivity index (χ0n) is 11.5. The van der Waals surface area contributed by atoms with E-state index in [0.29, 0.717) is 5.56 Å². The molecule has 2 rings (SSSR count). The molecule has 0 spiro atoms. The highest BCUT2D eigenvalue weighted by molar-refractivity contribution is 5.97. The van der Waals surface area contributed by atoms with Gasteiger partial charge in [-0.1, -0.05) is 43.0 Å². The number of aromatic carboxylic acids is 1. The highest BCUT2D eigenvalue weighted by Crippen LogP contribution is 2.36. The molecule has 4 nitrogen and oxygen atoms in total. The van der Waals surface area contributed by atoms with Crippen molar-refractivity contribution in [3.05, 3.63) is 66.2 Å². The average molecular weight is 282 g/mol. The van der Waals surface area contributed by atoms with Crippen LogP contribution in [0.4, 0.5) is 0 Å². The summed E-state index contributed by atoms with van der Waals surface area (Å²) in [6, 6.07) is 12.3. The molecule has 2 aromatic carbocycles. The smallest absolute Gasteiger partial charge is 0.339 e. The van der Waals surface area contributed by atoms with E-state index < -0.39 is 11.9 Å². The number of hydrogen-bond donors (Lipinski definition) is 1. The van der Waals surface area contributed by atoms with Gasteiger partial charge < -0.3 is 9.84 Å². The molecule has 0 unspecified atom stereocenters. The summed E-state index contributed by atoms with van der Waals surface area (Å²) in [5, 5.41) is 9.30. The highest BCUT2D eigenvalue weighted by atomic mass is 16.5. The largest absolute Gasteiger partial charge is 0.478 e. The van der Waals surface area contributed by atoms with E-state index in [0.717, 1.165) is 17.2 Å². The second-order valence-electron chi connectivity index (χ2n) is 4.43. The van der Waals surface area contributed by atoms with E-state index in [1.54, 1.807) is 6.07 Å². The number of esters is 1. The van der Waals surface area contributed by atoms with Crippen LogP contribution in [0.15, 0.2) is 55.1 Å². The molecule has 0 aromatic heterocycles. The summed E-state index contributed by atoms with van der Waals surface area (Å²) in [6.45, 7) is 5.17. The first-order valence-electron chi connectivity index (χ1n) is 6.31. The van der Waals surface area contributed by atoms with Crippen LogP contribution in [0, 0.1) is 6.92 Å². The number of ether oxygens (including phenoxy) is 1. The van der Waals surface area contributed by atoms with Crippen molar-refractivity contribution >= 4 is 11.9 Å². The van der Waals surface area contributed by atoms with Crippen molar-refractivity contribution in [2.45, 2.75) is 6.92 Å². The van der Waals surface area contributed by atoms with Crippen LogP contribution in [0.5, 0.6) is 5.75 Å². The van der Waals surface area contributed by atoms with Crippen molar-refractivity contribution in [1.82, 2.24) is 0 Å². The van der Waals surface area contributed by atoms with E-state index in [1.807, 2.05) is 37.3 Å². The molecule has 0 amide bonds. The molecule has 0 heterocycles. The molecule has 1 N–H and O–H groups in total. The third-order valence-electron chi connectivity index (χ3n) is 3.03. The molecular weight excluding hydrogens is 268 g/mol. The molecule has 0 saturated carbocycles. The van der Waals surface area contributed by atoms with Crippen LogP contribution in [0.2, 0.25) is 0 Å². The van der Waals surface area contributed by atoms with Crippen LogP contribution >= 0.6 is 0 Å². The van der Waals surface area contributed by atoms with Crippen LogP contribution in [-0.4, -0.2) is 17.0 Å². The Balaban J connectivity index is 2.72. The molecule has 106 valence electrons. The van der Waals surface area contributed by atoms with Crippen molar-refractivity contribution in [2.75, 3.05) is 0 Å². The minimum atomic E-state index is -1.15. The average Bonchev–Trinajstić information content (AvgIpc) is 2.48. The van der Waals surface area contributed by atoms with Crippen LogP contribution < -0.4 is 4.74 Å². The van der Waals surface area contributed by atoms with E-state index in [9.17, 15) is 14.7 Å². The summed E-state index contributed by atoms with van der Waals surface area (Å²) in [4.78, 5) is 22.9. The van der Waals surface area contributed by atoms with Gasteiger partial charge in [0, 0.05) is 11.6 Å². The first-order chi connectivity index (χ1) is 10.0. The summed E-state index contributed by atoms with van der Waals surface area (Å²) in [5.74, 6) is -1.81. The molecule has 0 atom stereocenters. The lowest BCUT2D eigenvalue weighted by Crippen LogP contribution is -2.10. The molecule has 0 saturated heterocycles. The Morgan fingerprint density at radius 1 is 1.14 bits per heavy atom. The van der Waals surface area contributed by atoms with Crippen molar-refractivity contribution in [3.8, 4) is 16.9 Å². The second kappa shape index (κ2) is 6.05. The summed E-state index contributed by atoms with van der Waals surface area (Å²) in [5.41, 5.74) is 2.13. The van der Waals surface area contributed by atoms with E-state index >= 15 is 0 Å². The highest BCUT2D eigenvalue weighted by Gasteiger charge is 2.20. The normalized spacial score (nSPS) is 9.95. The van der Waals surface area contributed by atoms with Gasteiger partial charge in [0.25, 0.3) is 0 Å². The van der Waals surface area contributed by atoms with Gasteiger partial charge in [-0.15, -0.1) is 0 Å². The van der Waals surface area contributed by atoms with Crippen LogP contribution in [0.3, 0.4) is 0 Å². The van der Waals surface area contributed by atoms with Crippen molar-refractivity contribution in [2.24, 2.45) is 0 Å². The fraction of sp³-hybridized carbons (Fsp3) is 0.0588. The summed E-state index contributed by atoms with van der Waals surface area (Å²) >= 11 is 0. The van der Waals surface area contributed by atoms with E-state index in [1.165, 1.54) is 6.07 Å². The van der Waals surface area contributed by atoms with Crippen molar-refractivity contribution in [3.63, 3.8) is 0 Å². The lowest BCUT2D eigenvalue weighted by Gasteiger charge is -2.14. The van der Waals surface area contributed by atoms with Gasteiger partial charge in [0.2, 0.25) is 0 Å². The number of carboxylic acids is 1. The summed E-state index contributed by atoms with van der Waals surface area (Å²) < 4.78 is 5.18. The van der Waals surface area contributed by atoms with Gasteiger partial charge in [0.1, 0.15) is 5.56 Å².